The average molecular weight is 318 g/mol. The van der Waals surface area contributed by atoms with Gasteiger partial charge in [-0.2, -0.15) is 0 Å². The van der Waals surface area contributed by atoms with Crippen LogP contribution in [0.2, 0.25) is 0 Å². The van der Waals surface area contributed by atoms with Gasteiger partial charge in [-0.1, -0.05) is 68.4 Å². The molecule has 0 saturated heterocycles. The van der Waals surface area contributed by atoms with Crippen LogP contribution in [0.5, 0.6) is 0 Å². The van der Waals surface area contributed by atoms with Gasteiger partial charge in [0.25, 0.3) is 0 Å². The summed E-state index contributed by atoms with van der Waals surface area (Å²) in [6, 6.07) is 0. The molecule has 22 heavy (non-hydrogen) atoms. The summed E-state index contributed by atoms with van der Waals surface area (Å²) in [7, 11) is 3.01. The molecule has 0 bridgehead atoms. The van der Waals surface area contributed by atoms with E-state index in [0.717, 1.165) is 38.7 Å². The molecule has 0 aliphatic carbocycles. The topological polar surface area (TPSA) is 9.23 Å². The van der Waals surface area contributed by atoms with Gasteiger partial charge in [-0.15, -0.1) is 0 Å². The van der Waals surface area contributed by atoms with Crippen molar-refractivity contribution in [1.82, 2.24) is 0 Å². The Morgan fingerprint density at radius 3 is 1.55 bits per heavy atom. The molecule has 0 atom stereocenters. The Morgan fingerprint density at radius 1 is 0.636 bits per heavy atom. The molecule has 2 heteroatoms. The molecular weight excluding hydrogens is 284 g/mol. The first-order chi connectivity index (χ1) is 10.9. The third kappa shape index (κ3) is 19.1. The van der Waals surface area contributed by atoms with Crippen LogP contribution in [0.4, 0.5) is 0 Å². The van der Waals surface area contributed by atoms with E-state index in [1.54, 1.807) is 0 Å². The fourth-order valence-electron chi connectivity index (χ4n) is 2.00. The Bertz CT molecular complexity index is 316. The lowest BCUT2D eigenvalue weighted by molar-refractivity contribution is 0.337. The van der Waals surface area contributed by atoms with E-state index in [0.29, 0.717) is 0 Å². The molecule has 0 rings (SSSR count). The zero-order chi connectivity index (χ0) is 16.1. The molecule has 0 unspecified atom stereocenters. The summed E-state index contributed by atoms with van der Waals surface area (Å²) >= 11 is 0. The highest BCUT2D eigenvalue weighted by Gasteiger charge is 1.83. The molecule has 0 N–H and O–H groups in total. The fourth-order valence-corrected chi connectivity index (χ4v) is 2.14. The highest BCUT2D eigenvalue weighted by Crippen LogP contribution is 2.01. The van der Waals surface area contributed by atoms with Crippen LogP contribution in [0, 0.1) is 0 Å². The summed E-state index contributed by atoms with van der Waals surface area (Å²) in [5, 5.41) is 0. The first kappa shape index (κ1) is 21.1. The van der Waals surface area contributed by atoms with Crippen LogP contribution < -0.4 is 0 Å². The largest absolute Gasteiger partial charge is 0.419 e. The molecule has 0 aliphatic rings. The second-order valence-electron chi connectivity index (χ2n) is 5.43. The summed E-state index contributed by atoms with van der Waals surface area (Å²) < 4.78 is 4.83. The summed E-state index contributed by atoms with van der Waals surface area (Å²) in [5.74, 6) is 0. The summed E-state index contributed by atoms with van der Waals surface area (Å²) in [5.41, 5.74) is 0. The van der Waals surface area contributed by atoms with E-state index in [4.69, 9.17) is 4.43 Å². The summed E-state index contributed by atoms with van der Waals surface area (Å²) in [4.78, 5) is 0. The lowest BCUT2D eigenvalue weighted by Crippen LogP contribution is -1.88. The first-order valence-electron chi connectivity index (χ1n) is 8.80. The monoisotopic (exact) mass is 317 g/mol. The van der Waals surface area contributed by atoms with Gasteiger partial charge in [0, 0.05) is 6.61 Å². The van der Waals surface area contributed by atoms with Gasteiger partial charge in [0.15, 0.2) is 0 Å². The molecule has 3 radical (unpaired) electrons. The second kappa shape index (κ2) is 20.1. The van der Waals surface area contributed by atoms with Gasteiger partial charge in [0.05, 0.1) is 0 Å². The van der Waals surface area contributed by atoms with Crippen molar-refractivity contribution in [2.24, 2.45) is 0 Å². The molecular formula is C20H33OSi. The van der Waals surface area contributed by atoms with E-state index in [-0.39, 0.29) is 0 Å². The minimum atomic E-state index is 0.797. The van der Waals surface area contributed by atoms with Crippen LogP contribution in [-0.4, -0.2) is 17.1 Å². The van der Waals surface area contributed by atoms with Crippen molar-refractivity contribution >= 4 is 10.5 Å². The summed E-state index contributed by atoms with van der Waals surface area (Å²) in [6.45, 7) is 3.04. The van der Waals surface area contributed by atoms with Crippen LogP contribution in [-0.2, 0) is 4.43 Å². The van der Waals surface area contributed by atoms with Crippen molar-refractivity contribution in [3.8, 4) is 0 Å². The lowest BCUT2D eigenvalue weighted by atomic mass is 10.2. The smallest absolute Gasteiger partial charge is 0.246 e. The lowest BCUT2D eigenvalue weighted by Gasteiger charge is -1.94. The van der Waals surface area contributed by atoms with Crippen LogP contribution in [0.1, 0.15) is 71.1 Å². The highest BCUT2D eigenvalue weighted by molar-refractivity contribution is 5.97. The number of hydrogen-bond donors (Lipinski definition) is 0. The minimum Gasteiger partial charge on any atom is -0.419 e. The quantitative estimate of drug-likeness (QED) is 0.197. The predicted octanol–water partition coefficient (Wildman–Crippen LogP) is 6.23. The van der Waals surface area contributed by atoms with Gasteiger partial charge in [0.2, 0.25) is 10.5 Å². The van der Waals surface area contributed by atoms with Crippen molar-refractivity contribution in [3.05, 3.63) is 48.6 Å². The summed E-state index contributed by atoms with van der Waals surface area (Å²) in [6.07, 6.45) is 29.9. The minimum absolute atomic E-state index is 0.797. The molecule has 0 spiro atoms. The first-order valence-corrected chi connectivity index (χ1v) is 9.21. The Morgan fingerprint density at radius 2 is 1.09 bits per heavy atom. The third-order valence-electron chi connectivity index (χ3n) is 3.32. The molecule has 0 fully saturated rings. The number of allylic oxidation sites excluding steroid dienone is 8. The molecule has 123 valence electrons. The zero-order valence-electron chi connectivity index (χ0n) is 14.3. The van der Waals surface area contributed by atoms with E-state index in [1.165, 1.54) is 32.1 Å². The highest BCUT2D eigenvalue weighted by atomic mass is 28.2. The Hall–Kier alpha value is -0.863. The Balaban J connectivity index is 3.35. The van der Waals surface area contributed by atoms with Gasteiger partial charge < -0.3 is 4.43 Å². The van der Waals surface area contributed by atoms with Crippen LogP contribution in [0.25, 0.3) is 0 Å². The number of rotatable bonds is 15. The van der Waals surface area contributed by atoms with Crippen molar-refractivity contribution < 1.29 is 4.43 Å². The standard InChI is InChI=1S/C20H33OSi/c1-2-3-4-5-6-7-8-9-10-11-12-13-14-15-16-17-18-19-20-21-22/h6-7,9-10,12-13,15-16H,2-5,8,11,14,17-20H2,1H3/b7-6-,10-9-,13-12-,16-15-. The molecule has 0 aromatic rings. The second-order valence-corrected chi connectivity index (χ2v) is 5.72. The Kier molecular flexibility index (Phi) is 19.3. The van der Waals surface area contributed by atoms with Crippen molar-refractivity contribution in [3.63, 3.8) is 0 Å². The van der Waals surface area contributed by atoms with Crippen molar-refractivity contribution in [2.45, 2.75) is 71.1 Å². The predicted molar refractivity (Wildman–Crippen MR) is 100 cm³/mol. The van der Waals surface area contributed by atoms with E-state index in [1.807, 2.05) is 0 Å². The van der Waals surface area contributed by atoms with Gasteiger partial charge >= 0.3 is 0 Å². The van der Waals surface area contributed by atoms with E-state index < -0.39 is 0 Å². The van der Waals surface area contributed by atoms with Gasteiger partial charge in [0.1, 0.15) is 0 Å². The molecule has 1 nitrogen and oxygen atoms in total. The molecule has 0 saturated carbocycles. The number of hydrogen-bond acceptors (Lipinski definition) is 1. The molecule has 0 amide bonds. The van der Waals surface area contributed by atoms with E-state index in [9.17, 15) is 0 Å². The normalized spacial score (nSPS) is 12.6. The maximum absolute atomic E-state index is 4.83. The zero-order valence-corrected chi connectivity index (χ0v) is 15.3. The molecule has 0 aromatic carbocycles. The Labute approximate surface area is 141 Å². The molecule has 0 aliphatic heterocycles. The SMILES string of the molecule is CCCCC/C=C\C/C=C\C/C=C\C/C=C\CCCCO[Si]. The number of unbranched alkanes of at least 4 members (excludes halogenated alkanes) is 5. The van der Waals surface area contributed by atoms with Crippen molar-refractivity contribution in [2.75, 3.05) is 6.61 Å². The van der Waals surface area contributed by atoms with Gasteiger partial charge in [-0.25, -0.2) is 0 Å². The van der Waals surface area contributed by atoms with Crippen LogP contribution in [0.3, 0.4) is 0 Å². The maximum Gasteiger partial charge on any atom is 0.246 e. The van der Waals surface area contributed by atoms with Crippen LogP contribution in [0.15, 0.2) is 48.6 Å². The fraction of sp³-hybridized carbons (Fsp3) is 0.600. The average Bonchev–Trinajstić information content (AvgIpc) is 2.54. The van der Waals surface area contributed by atoms with Crippen molar-refractivity contribution in [1.29, 1.82) is 0 Å². The van der Waals surface area contributed by atoms with E-state index >= 15 is 0 Å². The molecule has 0 aromatic heterocycles. The van der Waals surface area contributed by atoms with Gasteiger partial charge in [-0.3, -0.25) is 0 Å². The van der Waals surface area contributed by atoms with Crippen LogP contribution >= 0.6 is 0 Å². The maximum atomic E-state index is 4.83. The third-order valence-corrected chi connectivity index (χ3v) is 3.53. The van der Waals surface area contributed by atoms with Gasteiger partial charge in [-0.05, 0) is 51.4 Å². The molecule has 0 heterocycles. The van der Waals surface area contributed by atoms with E-state index in [2.05, 4.69) is 66.0 Å².